The molecule has 102 valence electrons. The Kier molecular flexibility index (Phi) is 4.46. The van der Waals surface area contributed by atoms with Gasteiger partial charge in [0.2, 0.25) is 0 Å². The number of alkyl halides is 1. The van der Waals surface area contributed by atoms with Crippen LogP contribution >= 0.6 is 11.6 Å². The van der Waals surface area contributed by atoms with E-state index >= 15 is 0 Å². The van der Waals surface area contributed by atoms with Crippen LogP contribution in [0.2, 0.25) is 0 Å². The minimum atomic E-state index is 0.182. The zero-order valence-electron chi connectivity index (χ0n) is 12.0. The van der Waals surface area contributed by atoms with Gasteiger partial charge in [0.15, 0.2) is 0 Å². The van der Waals surface area contributed by atoms with Crippen molar-refractivity contribution < 1.29 is 0 Å². The third-order valence-electron chi connectivity index (χ3n) is 3.58. The predicted molar refractivity (Wildman–Crippen MR) is 83.8 cm³/mol. The van der Waals surface area contributed by atoms with Gasteiger partial charge in [-0.25, -0.2) is 0 Å². The third-order valence-corrected chi connectivity index (χ3v) is 4.46. The maximum absolute atomic E-state index is 6.43. The number of hydrogen-bond acceptors (Lipinski definition) is 1. The van der Waals surface area contributed by atoms with Gasteiger partial charge in [-0.1, -0.05) is 39.0 Å². The average Bonchev–Trinajstić information content (AvgIpc) is 2.38. The fourth-order valence-electron chi connectivity index (χ4n) is 2.28. The lowest BCUT2D eigenvalue weighted by atomic mass is 9.88. The van der Waals surface area contributed by atoms with Crippen LogP contribution in [0.3, 0.4) is 0 Å². The molecule has 0 aliphatic rings. The van der Waals surface area contributed by atoms with Gasteiger partial charge in [0.25, 0.3) is 0 Å². The summed E-state index contributed by atoms with van der Waals surface area (Å²) in [5.41, 5.74) is 2.64. The maximum Gasteiger partial charge on any atom is 0.0704 e. The van der Waals surface area contributed by atoms with E-state index in [2.05, 4.69) is 50.0 Å². The summed E-state index contributed by atoms with van der Waals surface area (Å²) >= 11 is 6.43. The minimum Gasteiger partial charge on any atom is -0.256 e. The largest absolute Gasteiger partial charge is 0.256 e. The first-order valence-electron chi connectivity index (χ1n) is 6.95. The highest BCUT2D eigenvalue weighted by atomic mass is 35.5. The molecule has 0 aliphatic carbocycles. The highest BCUT2D eigenvalue weighted by Gasteiger charge is 2.21. The van der Waals surface area contributed by atoms with Gasteiger partial charge >= 0.3 is 0 Å². The van der Waals surface area contributed by atoms with Gasteiger partial charge in [0.05, 0.1) is 5.52 Å². The molecule has 1 nitrogen and oxygen atoms in total. The lowest BCUT2D eigenvalue weighted by Gasteiger charge is -2.25. The van der Waals surface area contributed by atoms with Crippen molar-refractivity contribution in [3.8, 4) is 0 Å². The summed E-state index contributed by atoms with van der Waals surface area (Å²) in [5.74, 6) is 0. The van der Waals surface area contributed by atoms with Crippen molar-refractivity contribution in [2.75, 3.05) is 0 Å². The Morgan fingerprint density at radius 3 is 2.63 bits per heavy atom. The summed E-state index contributed by atoms with van der Waals surface area (Å²) in [4.78, 5) is 4.40. The van der Waals surface area contributed by atoms with Gasteiger partial charge in [-0.15, -0.1) is 11.6 Å². The first-order valence-corrected chi connectivity index (χ1v) is 7.39. The van der Waals surface area contributed by atoms with Gasteiger partial charge in [0.1, 0.15) is 0 Å². The Morgan fingerprint density at radius 2 is 1.89 bits per heavy atom. The molecule has 0 aliphatic heterocycles. The first-order chi connectivity index (χ1) is 8.98. The zero-order chi connectivity index (χ0) is 13.9. The van der Waals surface area contributed by atoms with Crippen LogP contribution in [0, 0.1) is 5.41 Å². The summed E-state index contributed by atoms with van der Waals surface area (Å²) in [6.45, 7) is 6.60. The molecule has 0 amide bonds. The highest BCUT2D eigenvalue weighted by Crippen LogP contribution is 2.29. The summed E-state index contributed by atoms with van der Waals surface area (Å²) in [6, 6.07) is 10.5. The molecular weight excluding hydrogens is 254 g/mol. The number of benzene rings is 1. The fourth-order valence-corrected chi connectivity index (χ4v) is 2.43. The maximum atomic E-state index is 6.43. The molecule has 1 atom stereocenters. The number of rotatable bonds is 4. The van der Waals surface area contributed by atoms with Gasteiger partial charge in [-0.05, 0) is 42.4 Å². The van der Waals surface area contributed by atoms with Crippen molar-refractivity contribution in [2.24, 2.45) is 5.41 Å². The number of fused-ring (bicyclic) bond motifs is 1. The Hall–Kier alpha value is -1.08. The van der Waals surface area contributed by atoms with Crippen molar-refractivity contribution in [3.05, 3.63) is 42.1 Å². The van der Waals surface area contributed by atoms with E-state index in [9.17, 15) is 0 Å². The molecule has 0 saturated heterocycles. The number of para-hydroxylation sites is 1. The van der Waals surface area contributed by atoms with Gasteiger partial charge in [-0.2, -0.15) is 0 Å². The quantitative estimate of drug-likeness (QED) is 0.698. The molecule has 1 heterocycles. The molecule has 0 N–H and O–H groups in total. The average molecular weight is 276 g/mol. The minimum absolute atomic E-state index is 0.182. The molecule has 1 aromatic heterocycles. The molecule has 19 heavy (non-hydrogen) atoms. The van der Waals surface area contributed by atoms with E-state index in [1.165, 1.54) is 10.9 Å². The fraction of sp³-hybridized carbons (Fsp3) is 0.471. The Bertz CT molecular complexity index is 537. The molecule has 0 saturated carbocycles. The summed E-state index contributed by atoms with van der Waals surface area (Å²) < 4.78 is 0. The van der Waals surface area contributed by atoms with Crippen LogP contribution in [0.25, 0.3) is 10.9 Å². The van der Waals surface area contributed by atoms with Crippen molar-refractivity contribution in [2.45, 2.75) is 45.4 Å². The molecule has 2 heteroatoms. The van der Waals surface area contributed by atoms with E-state index in [0.717, 1.165) is 24.8 Å². The second-order valence-electron chi connectivity index (χ2n) is 6.21. The third kappa shape index (κ3) is 3.70. The lowest BCUT2D eigenvalue weighted by Crippen LogP contribution is -2.20. The summed E-state index contributed by atoms with van der Waals surface area (Å²) in [5, 5.41) is 1.51. The molecule has 0 radical (unpaired) electrons. The van der Waals surface area contributed by atoms with Crippen LogP contribution in [-0.2, 0) is 6.42 Å². The molecule has 2 aromatic rings. The van der Waals surface area contributed by atoms with Crippen LogP contribution in [-0.4, -0.2) is 10.4 Å². The number of nitrogens with zero attached hydrogens (tertiary/aromatic N) is 1. The lowest BCUT2D eigenvalue weighted by molar-refractivity contribution is 0.369. The summed E-state index contributed by atoms with van der Waals surface area (Å²) in [7, 11) is 0. The number of pyridine rings is 1. The van der Waals surface area contributed by atoms with Crippen LogP contribution in [0.1, 0.15) is 39.2 Å². The van der Waals surface area contributed by atoms with Crippen LogP contribution < -0.4 is 0 Å². The van der Waals surface area contributed by atoms with E-state index in [1.54, 1.807) is 0 Å². The van der Waals surface area contributed by atoms with E-state index in [1.807, 2.05) is 12.3 Å². The number of aryl methyl sites for hydroxylation is 1. The SMILES string of the molecule is CC(C)(C)C(Cl)CCCc1ccnc2ccccc12. The predicted octanol–water partition coefficient (Wildman–Crippen LogP) is 5.21. The van der Waals surface area contributed by atoms with Crippen molar-refractivity contribution in [1.29, 1.82) is 0 Å². The molecule has 1 unspecified atom stereocenters. The van der Waals surface area contributed by atoms with E-state index in [-0.39, 0.29) is 10.8 Å². The Labute approximate surface area is 121 Å². The normalized spacial score (nSPS) is 13.7. The van der Waals surface area contributed by atoms with Crippen LogP contribution in [0.4, 0.5) is 0 Å². The topological polar surface area (TPSA) is 12.9 Å². The van der Waals surface area contributed by atoms with E-state index < -0.39 is 0 Å². The zero-order valence-corrected chi connectivity index (χ0v) is 12.7. The standard InChI is InChI=1S/C17H22ClN/c1-17(2,3)16(18)10-6-7-13-11-12-19-15-9-5-4-8-14(13)15/h4-5,8-9,11-12,16H,6-7,10H2,1-3H3. The summed E-state index contributed by atoms with van der Waals surface area (Å²) in [6.07, 6.45) is 5.16. The van der Waals surface area contributed by atoms with E-state index in [0.29, 0.717) is 0 Å². The van der Waals surface area contributed by atoms with Crippen molar-refractivity contribution in [3.63, 3.8) is 0 Å². The molecule has 1 aromatic carbocycles. The van der Waals surface area contributed by atoms with E-state index in [4.69, 9.17) is 11.6 Å². The van der Waals surface area contributed by atoms with Crippen LogP contribution in [0.5, 0.6) is 0 Å². The Balaban J connectivity index is 2.03. The highest BCUT2D eigenvalue weighted by molar-refractivity contribution is 6.21. The second-order valence-corrected chi connectivity index (χ2v) is 6.74. The van der Waals surface area contributed by atoms with Crippen molar-refractivity contribution in [1.82, 2.24) is 4.98 Å². The molecular formula is C17H22ClN. The molecule has 0 fully saturated rings. The first kappa shape index (κ1) is 14.3. The van der Waals surface area contributed by atoms with Crippen LogP contribution in [0.15, 0.2) is 36.5 Å². The number of hydrogen-bond donors (Lipinski definition) is 0. The molecule has 2 rings (SSSR count). The van der Waals surface area contributed by atoms with Gasteiger partial charge < -0.3 is 0 Å². The van der Waals surface area contributed by atoms with Gasteiger partial charge in [-0.3, -0.25) is 4.98 Å². The Morgan fingerprint density at radius 1 is 1.16 bits per heavy atom. The number of halogens is 1. The monoisotopic (exact) mass is 275 g/mol. The smallest absolute Gasteiger partial charge is 0.0704 e. The molecule has 0 spiro atoms. The molecule has 0 bridgehead atoms. The second kappa shape index (κ2) is 5.92. The number of aromatic nitrogens is 1. The van der Waals surface area contributed by atoms with Crippen molar-refractivity contribution >= 4 is 22.5 Å². The van der Waals surface area contributed by atoms with Gasteiger partial charge in [0, 0.05) is 17.0 Å².